The third kappa shape index (κ3) is 4.31. The minimum atomic E-state index is 0.143. The summed E-state index contributed by atoms with van der Waals surface area (Å²) < 4.78 is 16.8. The molecule has 0 atom stereocenters. The van der Waals surface area contributed by atoms with Crippen molar-refractivity contribution in [2.45, 2.75) is 32.6 Å². The number of unbranched alkanes of at least 4 members (excludes halogenated alkanes) is 2. The lowest BCUT2D eigenvalue weighted by molar-refractivity contribution is 0.155. The molecule has 0 radical (unpaired) electrons. The fourth-order valence-corrected chi connectivity index (χ4v) is 2.12. The summed E-state index contributed by atoms with van der Waals surface area (Å²) in [7, 11) is 0. The number of benzene rings is 1. The molecule has 0 aliphatic carbocycles. The van der Waals surface area contributed by atoms with Gasteiger partial charge in [-0.3, -0.25) is 0 Å². The van der Waals surface area contributed by atoms with Crippen LogP contribution < -0.4 is 9.47 Å². The number of aliphatic hydroxyl groups is 2. The lowest BCUT2D eigenvalue weighted by Crippen LogP contribution is -2.14. The highest BCUT2D eigenvalue weighted by atomic mass is 16.5. The van der Waals surface area contributed by atoms with Crippen LogP contribution in [0.5, 0.6) is 11.5 Å². The van der Waals surface area contributed by atoms with Crippen LogP contribution >= 0.6 is 0 Å². The van der Waals surface area contributed by atoms with Crippen molar-refractivity contribution in [3.05, 3.63) is 29.5 Å². The van der Waals surface area contributed by atoms with E-state index in [-0.39, 0.29) is 19.0 Å². The van der Waals surface area contributed by atoms with Crippen LogP contribution in [-0.4, -0.2) is 36.6 Å². The Morgan fingerprint density at radius 1 is 1.14 bits per heavy atom. The molecule has 122 valence electrons. The SMILES string of the molecule is CCCCOC1=C(O)c2ccc(OCCCCO)cc2OC1. The van der Waals surface area contributed by atoms with Gasteiger partial charge in [0.1, 0.15) is 18.1 Å². The standard InChI is InChI=1S/C17H24O5/c1-2-3-9-21-16-12-22-15-11-13(20-10-5-4-8-18)6-7-14(15)17(16)19/h6-7,11,18-19H,2-5,8-10,12H2,1H3. The molecule has 5 heteroatoms. The van der Waals surface area contributed by atoms with Gasteiger partial charge in [0.15, 0.2) is 11.5 Å². The number of hydrogen-bond acceptors (Lipinski definition) is 5. The largest absolute Gasteiger partial charge is 0.504 e. The number of ether oxygens (including phenoxy) is 3. The number of rotatable bonds is 9. The Labute approximate surface area is 131 Å². The molecule has 1 aromatic carbocycles. The van der Waals surface area contributed by atoms with Gasteiger partial charge in [0.25, 0.3) is 0 Å². The third-order valence-corrected chi connectivity index (χ3v) is 3.43. The monoisotopic (exact) mass is 308 g/mol. The molecule has 0 aromatic heterocycles. The molecule has 2 N–H and O–H groups in total. The maximum absolute atomic E-state index is 10.3. The molecule has 0 bridgehead atoms. The average Bonchev–Trinajstić information content (AvgIpc) is 2.54. The normalized spacial score (nSPS) is 13.5. The summed E-state index contributed by atoms with van der Waals surface area (Å²) in [5.41, 5.74) is 0.625. The van der Waals surface area contributed by atoms with Crippen molar-refractivity contribution in [1.82, 2.24) is 0 Å². The second-order valence-corrected chi connectivity index (χ2v) is 5.20. The molecule has 22 heavy (non-hydrogen) atoms. The van der Waals surface area contributed by atoms with Gasteiger partial charge in [-0.2, -0.15) is 0 Å². The van der Waals surface area contributed by atoms with Gasteiger partial charge in [0.05, 0.1) is 18.8 Å². The quantitative estimate of drug-likeness (QED) is 0.685. The zero-order valence-electron chi connectivity index (χ0n) is 13.0. The molecular weight excluding hydrogens is 284 g/mol. The van der Waals surface area contributed by atoms with Crippen molar-refractivity contribution in [2.24, 2.45) is 0 Å². The van der Waals surface area contributed by atoms with E-state index >= 15 is 0 Å². The fourth-order valence-electron chi connectivity index (χ4n) is 2.12. The van der Waals surface area contributed by atoms with E-state index in [0.717, 1.165) is 25.7 Å². The second kappa shape index (κ2) is 8.54. The van der Waals surface area contributed by atoms with Crippen molar-refractivity contribution in [1.29, 1.82) is 0 Å². The van der Waals surface area contributed by atoms with Crippen LogP contribution in [-0.2, 0) is 4.74 Å². The minimum absolute atomic E-state index is 0.143. The van der Waals surface area contributed by atoms with Crippen molar-refractivity contribution in [3.8, 4) is 11.5 Å². The van der Waals surface area contributed by atoms with Crippen LogP contribution in [0.1, 0.15) is 38.2 Å². The summed E-state index contributed by atoms with van der Waals surface area (Å²) in [5.74, 6) is 1.92. The maximum Gasteiger partial charge on any atom is 0.176 e. The molecule has 0 fully saturated rings. The van der Waals surface area contributed by atoms with Gasteiger partial charge >= 0.3 is 0 Å². The molecule has 0 saturated carbocycles. The van der Waals surface area contributed by atoms with Gasteiger partial charge in [-0.15, -0.1) is 0 Å². The molecule has 1 heterocycles. The van der Waals surface area contributed by atoms with E-state index in [9.17, 15) is 5.11 Å². The Morgan fingerprint density at radius 3 is 2.73 bits per heavy atom. The van der Waals surface area contributed by atoms with Crippen LogP contribution in [0.4, 0.5) is 0 Å². The summed E-state index contributed by atoms with van der Waals surface area (Å²) in [6, 6.07) is 5.34. The third-order valence-electron chi connectivity index (χ3n) is 3.43. The summed E-state index contributed by atoms with van der Waals surface area (Å²) in [4.78, 5) is 0. The second-order valence-electron chi connectivity index (χ2n) is 5.20. The van der Waals surface area contributed by atoms with Crippen LogP contribution in [0, 0.1) is 0 Å². The topological polar surface area (TPSA) is 68.2 Å². The van der Waals surface area contributed by atoms with Gasteiger partial charge in [-0.1, -0.05) is 13.3 Å². The van der Waals surface area contributed by atoms with Crippen LogP contribution in [0.2, 0.25) is 0 Å². The first-order chi connectivity index (χ1) is 10.8. The van der Waals surface area contributed by atoms with Crippen molar-refractivity contribution < 1.29 is 24.4 Å². The molecule has 1 aliphatic rings. The average molecular weight is 308 g/mol. The molecule has 1 aromatic rings. The van der Waals surface area contributed by atoms with Gasteiger partial charge in [0.2, 0.25) is 0 Å². The van der Waals surface area contributed by atoms with E-state index in [4.69, 9.17) is 19.3 Å². The Bertz CT molecular complexity index is 510. The molecule has 0 amide bonds. The van der Waals surface area contributed by atoms with Gasteiger partial charge < -0.3 is 24.4 Å². The van der Waals surface area contributed by atoms with Crippen molar-refractivity contribution in [2.75, 3.05) is 26.4 Å². The smallest absolute Gasteiger partial charge is 0.176 e. The maximum atomic E-state index is 10.3. The summed E-state index contributed by atoms with van der Waals surface area (Å²) in [6.45, 7) is 3.63. The van der Waals surface area contributed by atoms with E-state index in [1.165, 1.54) is 0 Å². The summed E-state index contributed by atoms with van der Waals surface area (Å²) in [6.07, 6.45) is 3.52. The highest BCUT2D eigenvalue weighted by molar-refractivity contribution is 5.69. The highest BCUT2D eigenvalue weighted by Crippen LogP contribution is 2.34. The Kier molecular flexibility index (Phi) is 6.40. The van der Waals surface area contributed by atoms with Crippen LogP contribution in [0.25, 0.3) is 5.76 Å². The van der Waals surface area contributed by atoms with E-state index in [1.807, 2.05) is 0 Å². The zero-order valence-corrected chi connectivity index (χ0v) is 13.0. The first-order valence-corrected chi connectivity index (χ1v) is 7.82. The van der Waals surface area contributed by atoms with Crippen molar-refractivity contribution in [3.63, 3.8) is 0 Å². The molecule has 0 unspecified atom stereocenters. The number of aliphatic hydroxyl groups excluding tert-OH is 2. The van der Waals surface area contributed by atoms with Gasteiger partial charge in [0, 0.05) is 12.7 Å². The summed E-state index contributed by atoms with van der Waals surface area (Å²) >= 11 is 0. The van der Waals surface area contributed by atoms with E-state index < -0.39 is 0 Å². The van der Waals surface area contributed by atoms with Crippen LogP contribution in [0.15, 0.2) is 24.0 Å². The Balaban J connectivity index is 2.00. The lowest BCUT2D eigenvalue weighted by Gasteiger charge is -2.21. The molecule has 5 nitrogen and oxygen atoms in total. The van der Waals surface area contributed by atoms with E-state index in [0.29, 0.717) is 36.0 Å². The molecule has 0 spiro atoms. The first kappa shape index (κ1) is 16.5. The Hall–Kier alpha value is -1.88. The predicted molar refractivity (Wildman–Crippen MR) is 84.2 cm³/mol. The number of hydrogen-bond donors (Lipinski definition) is 2. The van der Waals surface area contributed by atoms with Crippen LogP contribution in [0.3, 0.4) is 0 Å². The van der Waals surface area contributed by atoms with Gasteiger partial charge in [-0.05, 0) is 31.4 Å². The fraction of sp³-hybridized carbons (Fsp3) is 0.529. The van der Waals surface area contributed by atoms with E-state index in [1.54, 1.807) is 18.2 Å². The van der Waals surface area contributed by atoms with Crippen molar-refractivity contribution >= 4 is 5.76 Å². The predicted octanol–water partition coefficient (Wildman–Crippen LogP) is 3.27. The number of fused-ring (bicyclic) bond motifs is 1. The zero-order chi connectivity index (χ0) is 15.8. The summed E-state index contributed by atoms with van der Waals surface area (Å²) in [5, 5.41) is 19.0. The molecule has 2 rings (SSSR count). The van der Waals surface area contributed by atoms with E-state index in [2.05, 4.69) is 6.92 Å². The lowest BCUT2D eigenvalue weighted by atomic mass is 10.1. The molecule has 0 saturated heterocycles. The van der Waals surface area contributed by atoms with Gasteiger partial charge in [-0.25, -0.2) is 0 Å². The minimum Gasteiger partial charge on any atom is -0.504 e. The highest BCUT2D eigenvalue weighted by Gasteiger charge is 2.21. The molecular formula is C17H24O5. The molecule has 1 aliphatic heterocycles. The first-order valence-electron chi connectivity index (χ1n) is 7.82. The Morgan fingerprint density at radius 2 is 1.95 bits per heavy atom.